The number of rotatable bonds is 3. The van der Waals surface area contributed by atoms with E-state index in [1.54, 1.807) is 6.92 Å². The van der Waals surface area contributed by atoms with E-state index in [0.717, 1.165) is 32.0 Å². The molecule has 3 unspecified atom stereocenters. The predicted molar refractivity (Wildman–Crippen MR) is 130 cm³/mol. The van der Waals surface area contributed by atoms with Crippen LogP contribution >= 0.6 is 0 Å². The molecule has 0 aliphatic heterocycles. The molecule has 5 aliphatic rings. The Morgan fingerprint density at radius 3 is 2.17 bits per heavy atom. The lowest BCUT2D eigenvalue weighted by Crippen LogP contribution is -2.70. The summed E-state index contributed by atoms with van der Waals surface area (Å²) in [6.07, 6.45) is 5.75. The van der Waals surface area contributed by atoms with Gasteiger partial charge in [-0.3, -0.25) is 9.59 Å². The summed E-state index contributed by atoms with van der Waals surface area (Å²) in [5.41, 5.74) is -2.40. The van der Waals surface area contributed by atoms with Gasteiger partial charge in [-0.1, -0.05) is 27.7 Å². The van der Waals surface area contributed by atoms with E-state index in [1.165, 1.54) is 0 Å². The molecular weight excluding hydrogens is 444 g/mol. The lowest BCUT2D eigenvalue weighted by Gasteiger charge is -2.73. The molecule has 0 radical (unpaired) electrons. The number of aliphatic carboxylic acids is 1. The molecular formula is C29H44O6. The highest BCUT2D eigenvalue weighted by Gasteiger charge is 2.74. The Balaban J connectivity index is 1.61. The third-order valence-electron chi connectivity index (χ3n) is 13.3. The first-order valence-corrected chi connectivity index (χ1v) is 13.8. The van der Waals surface area contributed by atoms with Gasteiger partial charge in [-0.05, 0) is 105 Å². The zero-order valence-corrected chi connectivity index (χ0v) is 22.0. The molecule has 0 saturated heterocycles. The SMILES string of the molecule is CC(=O)[C@@H]1CC[C@]2(C(=O)O)CC[C@]3(C)[C@H](CC(O)[C@@H]4[C@@]5(C)CCC(O)C(C)(C=O)[C@@H]5CC[C@]43C)[C@@H]12. The van der Waals surface area contributed by atoms with Gasteiger partial charge in [0.1, 0.15) is 12.1 Å². The minimum Gasteiger partial charge on any atom is -0.481 e. The fourth-order valence-electron chi connectivity index (χ4n) is 11.4. The third kappa shape index (κ3) is 2.87. The number of hydrogen-bond donors (Lipinski definition) is 3. The molecule has 0 aromatic rings. The van der Waals surface area contributed by atoms with Gasteiger partial charge in [-0.25, -0.2) is 0 Å². The number of hydrogen-bond acceptors (Lipinski definition) is 5. The standard InChI is InChI=1S/C29H44O6/c1-16(31)17-6-11-29(24(34)35)13-12-27(4)18(22(17)29)14-19(32)23-25(2)9-8-21(33)26(3,15-30)20(25)7-10-28(23,27)5/h15,17-23,32-33H,6-14H2,1-5H3,(H,34,35)/t17-,18+,19?,20+,21?,22+,23+,25-,26?,27+,28+,29-/m0/s1. The van der Waals surface area contributed by atoms with Crippen LogP contribution in [-0.4, -0.2) is 45.6 Å². The Labute approximate surface area is 209 Å². The van der Waals surface area contributed by atoms with Crippen molar-refractivity contribution in [3.63, 3.8) is 0 Å². The molecule has 5 aliphatic carbocycles. The van der Waals surface area contributed by atoms with Crippen molar-refractivity contribution in [1.29, 1.82) is 0 Å². The molecule has 0 heterocycles. The summed E-state index contributed by atoms with van der Waals surface area (Å²) in [5.74, 6) is -1.22. The zero-order chi connectivity index (χ0) is 25.8. The van der Waals surface area contributed by atoms with Crippen LogP contribution in [0.4, 0.5) is 0 Å². The highest BCUT2D eigenvalue weighted by molar-refractivity contribution is 5.83. The third-order valence-corrected chi connectivity index (χ3v) is 13.3. The molecule has 3 N–H and O–H groups in total. The van der Waals surface area contributed by atoms with Gasteiger partial charge in [0, 0.05) is 5.92 Å². The lowest BCUT2D eigenvalue weighted by atomic mass is 9.31. The van der Waals surface area contributed by atoms with Crippen LogP contribution in [0.25, 0.3) is 0 Å². The molecule has 5 rings (SSSR count). The van der Waals surface area contributed by atoms with Crippen molar-refractivity contribution >= 4 is 18.0 Å². The molecule has 6 nitrogen and oxygen atoms in total. The van der Waals surface area contributed by atoms with Crippen molar-refractivity contribution in [2.24, 2.45) is 56.7 Å². The number of carboxylic acids is 1. The number of fused-ring (bicyclic) bond motifs is 7. The Morgan fingerprint density at radius 1 is 0.886 bits per heavy atom. The van der Waals surface area contributed by atoms with Crippen LogP contribution in [0.5, 0.6) is 0 Å². The molecule has 0 bridgehead atoms. The summed E-state index contributed by atoms with van der Waals surface area (Å²) >= 11 is 0. The largest absolute Gasteiger partial charge is 0.481 e. The van der Waals surface area contributed by atoms with E-state index in [0.29, 0.717) is 32.1 Å². The van der Waals surface area contributed by atoms with E-state index in [-0.39, 0.29) is 51.6 Å². The van der Waals surface area contributed by atoms with Gasteiger partial charge < -0.3 is 20.1 Å². The van der Waals surface area contributed by atoms with E-state index in [9.17, 15) is 29.7 Å². The Kier molecular flexibility index (Phi) is 5.53. The van der Waals surface area contributed by atoms with Crippen molar-refractivity contribution in [2.45, 2.75) is 105 Å². The summed E-state index contributed by atoms with van der Waals surface area (Å²) in [6.45, 7) is 10.4. The van der Waals surface area contributed by atoms with Gasteiger partial charge in [0.2, 0.25) is 0 Å². The van der Waals surface area contributed by atoms with E-state index >= 15 is 0 Å². The molecule has 6 heteroatoms. The van der Waals surface area contributed by atoms with E-state index in [4.69, 9.17) is 0 Å². The van der Waals surface area contributed by atoms with Gasteiger partial charge in [0.05, 0.1) is 23.0 Å². The van der Waals surface area contributed by atoms with Crippen LogP contribution in [0.3, 0.4) is 0 Å². The molecule has 5 fully saturated rings. The van der Waals surface area contributed by atoms with Gasteiger partial charge in [-0.15, -0.1) is 0 Å². The van der Waals surface area contributed by atoms with Crippen LogP contribution in [0, 0.1) is 56.7 Å². The molecule has 0 aromatic carbocycles. The maximum Gasteiger partial charge on any atom is 0.309 e. The highest BCUT2D eigenvalue weighted by Crippen LogP contribution is 2.77. The second-order valence-electron chi connectivity index (χ2n) is 14.1. The number of carboxylic acid groups (broad SMARTS) is 1. The van der Waals surface area contributed by atoms with E-state index in [2.05, 4.69) is 20.8 Å². The van der Waals surface area contributed by atoms with Gasteiger partial charge in [0.15, 0.2) is 0 Å². The predicted octanol–water partition coefficient (Wildman–Crippen LogP) is 4.25. The van der Waals surface area contributed by atoms with Gasteiger partial charge in [0.25, 0.3) is 0 Å². The molecule has 0 amide bonds. The van der Waals surface area contributed by atoms with Crippen LogP contribution < -0.4 is 0 Å². The average Bonchev–Trinajstić information content (AvgIpc) is 3.19. The number of ketones is 1. The van der Waals surface area contributed by atoms with Crippen molar-refractivity contribution in [3.8, 4) is 0 Å². The number of aliphatic hydroxyl groups is 2. The maximum atomic E-state index is 12.8. The maximum absolute atomic E-state index is 12.8. The topological polar surface area (TPSA) is 112 Å². The average molecular weight is 489 g/mol. The lowest BCUT2D eigenvalue weighted by molar-refractivity contribution is -0.274. The molecule has 0 spiro atoms. The highest BCUT2D eigenvalue weighted by atomic mass is 16.4. The fraction of sp³-hybridized carbons (Fsp3) is 0.897. The second kappa shape index (κ2) is 7.63. The molecule has 5 saturated carbocycles. The monoisotopic (exact) mass is 488 g/mol. The van der Waals surface area contributed by atoms with E-state index < -0.39 is 29.0 Å². The van der Waals surface area contributed by atoms with Crippen LogP contribution in [0.2, 0.25) is 0 Å². The van der Waals surface area contributed by atoms with Crippen molar-refractivity contribution in [2.75, 3.05) is 0 Å². The smallest absolute Gasteiger partial charge is 0.309 e. The first-order chi connectivity index (χ1) is 16.2. The first kappa shape index (κ1) is 25.4. The van der Waals surface area contributed by atoms with Crippen LogP contribution in [0.15, 0.2) is 0 Å². The number of Topliss-reactive ketones (excluding diaryl/α,β-unsaturated/α-hetero) is 1. The quantitative estimate of drug-likeness (QED) is 0.512. The van der Waals surface area contributed by atoms with Crippen molar-refractivity contribution in [1.82, 2.24) is 0 Å². The minimum absolute atomic E-state index is 0.00211. The number of aldehydes is 1. The zero-order valence-electron chi connectivity index (χ0n) is 22.0. The Bertz CT molecular complexity index is 947. The second-order valence-corrected chi connectivity index (χ2v) is 14.1. The molecule has 0 aromatic heterocycles. The normalized spacial score (nSPS) is 57.3. The van der Waals surface area contributed by atoms with Crippen LogP contribution in [0.1, 0.15) is 92.4 Å². The molecule has 35 heavy (non-hydrogen) atoms. The summed E-state index contributed by atoms with van der Waals surface area (Å²) in [4.78, 5) is 37.8. The fourth-order valence-corrected chi connectivity index (χ4v) is 11.4. The number of aliphatic hydroxyl groups excluding tert-OH is 2. The van der Waals surface area contributed by atoms with Gasteiger partial charge >= 0.3 is 5.97 Å². The number of carbonyl (C=O) groups is 3. The number of carbonyl (C=O) groups excluding carboxylic acids is 2. The summed E-state index contributed by atoms with van der Waals surface area (Å²) in [6, 6.07) is 0. The van der Waals surface area contributed by atoms with Gasteiger partial charge in [-0.2, -0.15) is 0 Å². The van der Waals surface area contributed by atoms with Crippen molar-refractivity contribution in [3.05, 3.63) is 0 Å². The summed E-state index contributed by atoms with van der Waals surface area (Å²) in [7, 11) is 0. The molecule has 196 valence electrons. The minimum atomic E-state index is -0.866. The molecule has 12 atom stereocenters. The summed E-state index contributed by atoms with van der Waals surface area (Å²) in [5, 5.41) is 33.2. The Hall–Kier alpha value is -1.27. The summed E-state index contributed by atoms with van der Waals surface area (Å²) < 4.78 is 0. The van der Waals surface area contributed by atoms with Crippen molar-refractivity contribution < 1.29 is 29.7 Å². The Morgan fingerprint density at radius 2 is 1.57 bits per heavy atom. The van der Waals surface area contributed by atoms with Crippen LogP contribution in [-0.2, 0) is 14.4 Å². The van der Waals surface area contributed by atoms with E-state index in [1.807, 2.05) is 6.92 Å². The first-order valence-electron chi connectivity index (χ1n) is 13.8.